The van der Waals surface area contributed by atoms with E-state index < -0.39 is 11.4 Å². The maximum atomic E-state index is 11.6. The average molecular weight is 269 g/mol. The van der Waals surface area contributed by atoms with E-state index in [0.717, 1.165) is 12.8 Å². The lowest BCUT2D eigenvalue weighted by Crippen LogP contribution is -2.32. The smallest absolute Gasteiger partial charge is 0.314 e. The molecular formula is C13H13ClO4. The number of fused-ring (bicyclic) bond motifs is 1. The Morgan fingerprint density at radius 2 is 2.00 bits per heavy atom. The summed E-state index contributed by atoms with van der Waals surface area (Å²) in [6.07, 6.45) is 3.08. The summed E-state index contributed by atoms with van der Waals surface area (Å²) < 4.78 is 10.5. The lowest BCUT2D eigenvalue weighted by molar-refractivity contribution is -0.143. The zero-order valence-electron chi connectivity index (χ0n) is 9.74. The van der Waals surface area contributed by atoms with E-state index >= 15 is 0 Å². The van der Waals surface area contributed by atoms with Crippen LogP contribution in [0.25, 0.3) is 0 Å². The largest absolute Gasteiger partial charge is 0.481 e. The first-order chi connectivity index (χ1) is 8.65. The summed E-state index contributed by atoms with van der Waals surface area (Å²) in [5.41, 5.74) is -0.212. The lowest BCUT2D eigenvalue weighted by Gasteiger charge is -2.25. The molecule has 0 radical (unpaired) electrons. The average Bonchev–Trinajstić information content (AvgIpc) is 2.98. The van der Waals surface area contributed by atoms with Crippen LogP contribution in [0.5, 0.6) is 11.5 Å². The Bertz CT molecular complexity index is 506. The maximum absolute atomic E-state index is 11.6. The van der Waals surface area contributed by atoms with Gasteiger partial charge < -0.3 is 14.6 Å². The minimum atomic E-state index is -0.863. The van der Waals surface area contributed by atoms with Crippen LogP contribution in [-0.2, 0) is 10.2 Å². The first kappa shape index (κ1) is 11.7. The zero-order valence-corrected chi connectivity index (χ0v) is 10.5. The predicted octanol–water partition coefficient (Wildman–Crippen LogP) is 2.97. The summed E-state index contributed by atoms with van der Waals surface area (Å²) in [6, 6.07) is 3.50. The van der Waals surface area contributed by atoms with Gasteiger partial charge in [0.15, 0.2) is 11.5 Å². The number of benzene rings is 1. The molecule has 0 bridgehead atoms. The Morgan fingerprint density at radius 1 is 1.28 bits per heavy atom. The summed E-state index contributed by atoms with van der Waals surface area (Å²) in [4.78, 5) is 11.6. The van der Waals surface area contributed by atoms with E-state index in [-0.39, 0.29) is 6.79 Å². The van der Waals surface area contributed by atoms with Gasteiger partial charge in [0.2, 0.25) is 6.79 Å². The van der Waals surface area contributed by atoms with Crippen molar-refractivity contribution in [1.29, 1.82) is 0 Å². The van der Waals surface area contributed by atoms with Crippen LogP contribution in [0.4, 0.5) is 0 Å². The van der Waals surface area contributed by atoms with Crippen molar-refractivity contribution >= 4 is 17.6 Å². The summed E-state index contributed by atoms with van der Waals surface area (Å²) in [5, 5.41) is 9.94. The van der Waals surface area contributed by atoms with Crippen LogP contribution < -0.4 is 9.47 Å². The highest BCUT2D eigenvalue weighted by Crippen LogP contribution is 2.49. The normalized spacial score (nSPS) is 20.1. The van der Waals surface area contributed by atoms with E-state index in [4.69, 9.17) is 21.1 Å². The Hall–Kier alpha value is -1.42. The van der Waals surface area contributed by atoms with Gasteiger partial charge >= 0.3 is 5.97 Å². The molecule has 96 valence electrons. The Morgan fingerprint density at radius 3 is 2.67 bits per heavy atom. The van der Waals surface area contributed by atoms with Gasteiger partial charge in [-0.25, -0.2) is 0 Å². The molecule has 0 spiro atoms. The standard InChI is InChI=1S/C13H13ClO4/c14-10-8(3-4-9-11(10)18-7-17-9)13(12(15)16)5-1-2-6-13/h3-4H,1-2,5-7H2,(H,15,16). The number of carbonyl (C=O) groups is 1. The third kappa shape index (κ3) is 1.48. The summed E-state index contributed by atoms with van der Waals surface area (Å²) >= 11 is 6.30. The van der Waals surface area contributed by atoms with Crippen LogP contribution in [0.2, 0.25) is 5.02 Å². The van der Waals surface area contributed by atoms with Crippen LogP contribution in [0, 0.1) is 0 Å². The lowest BCUT2D eigenvalue weighted by atomic mass is 9.79. The van der Waals surface area contributed by atoms with Gasteiger partial charge in [-0.05, 0) is 24.5 Å². The first-order valence-electron chi connectivity index (χ1n) is 5.97. The molecule has 4 nitrogen and oxygen atoms in total. The molecule has 1 aliphatic heterocycles. The molecule has 1 aromatic carbocycles. The van der Waals surface area contributed by atoms with Crippen molar-refractivity contribution in [2.24, 2.45) is 0 Å². The topological polar surface area (TPSA) is 55.8 Å². The third-order valence-electron chi connectivity index (χ3n) is 3.86. The molecule has 1 N–H and O–H groups in total. The Kier molecular flexibility index (Phi) is 2.63. The fourth-order valence-corrected chi connectivity index (χ4v) is 3.28. The van der Waals surface area contributed by atoms with Crippen molar-refractivity contribution in [3.8, 4) is 11.5 Å². The van der Waals surface area contributed by atoms with E-state index in [0.29, 0.717) is 34.9 Å². The summed E-state index contributed by atoms with van der Waals surface area (Å²) in [5.74, 6) is 0.254. The molecule has 1 aliphatic carbocycles. The van der Waals surface area contributed by atoms with Gasteiger partial charge in [-0.15, -0.1) is 0 Å². The Balaban J connectivity index is 2.14. The number of aliphatic carboxylic acids is 1. The maximum Gasteiger partial charge on any atom is 0.314 e. The fraction of sp³-hybridized carbons (Fsp3) is 0.462. The van der Waals surface area contributed by atoms with Crippen LogP contribution in [0.15, 0.2) is 12.1 Å². The van der Waals surface area contributed by atoms with Gasteiger partial charge in [0.25, 0.3) is 0 Å². The minimum absolute atomic E-state index is 0.137. The van der Waals surface area contributed by atoms with E-state index in [1.807, 2.05) is 0 Å². The molecule has 0 saturated heterocycles. The predicted molar refractivity (Wildman–Crippen MR) is 65.4 cm³/mol. The molecule has 18 heavy (non-hydrogen) atoms. The number of rotatable bonds is 2. The highest BCUT2D eigenvalue weighted by atomic mass is 35.5. The molecule has 1 heterocycles. The van der Waals surface area contributed by atoms with Crippen LogP contribution in [-0.4, -0.2) is 17.9 Å². The second-order valence-corrected chi connectivity index (χ2v) is 5.13. The van der Waals surface area contributed by atoms with Crippen LogP contribution in [0.1, 0.15) is 31.2 Å². The second kappa shape index (κ2) is 4.05. The molecule has 1 aromatic rings. The molecular weight excluding hydrogens is 256 g/mol. The number of carboxylic acid groups (broad SMARTS) is 1. The van der Waals surface area contributed by atoms with Gasteiger partial charge in [0.1, 0.15) is 0 Å². The highest BCUT2D eigenvalue weighted by molar-refractivity contribution is 6.33. The SMILES string of the molecule is O=C(O)C1(c2ccc3c(c2Cl)OCO3)CCCC1. The Labute approximate surface area is 109 Å². The van der Waals surface area contributed by atoms with Crippen molar-refractivity contribution in [3.05, 3.63) is 22.7 Å². The molecule has 5 heteroatoms. The van der Waals surface area contributed by atoms with Gasteiger partial charge in [-0.2, -0.15) is 0 Å². The highest BCUT2D eigenvalue weighted by Gasteiger charge is 2.45. The number of carboxylic acids is 1. The van der Waals surface area contributed by atoms with Crippen molar-refractivity contribution in [1.82, 2.24) is 0 Å². The quantitative estimate of drug-likeness (QED) is 0.896. The second-order valence-electron chi connectivity index (χ2n) is 4.76. The summed E-state index contributed by atoms with van der Waals surface area (Å²) in [6.45, 7) is 0.137. The number of halogens is 1. The van der Waals surface area contributed by atoms with Crippen molar-refractivity contribution < 1.29 is 19.4 Å². The van der Waals surface area contributed by atoms with Crippen LogP contribution in [0.3, 0.4) is 0 Å². The zero-order chi connectivity index (χ0) is 12.8. The third-order valence-corrected chi connectivity index (χ3v) is 4.24. The van der Waals surface area contributed by atoms with Crippen molar-refractivity contribution in [2.75, 3.05) is 6.79 Å². The van der Waals surface area contributed by atoms with Gasteiger partial charge in [0.05, 0.1) is 10.4 Å². The fourth-order valence-electron chi connectivity index (χ4n) is 2.88. The monoisotopic (exact) mass is 268 g/mol. The van der Waals surface area contributed by atoms with Crippen molar-refractivity contribution in [2.45, 2.75) is 31.1 Å². The molecule has 0 amide bonds. The van der Waals surface area contributed by atoms with Crippen molar-refractivity contribution in [3.63, 3.8) is 0 Å². The number of hydrogen-bond donors (Lipinski definition) is 1. The molecule has 3 rings (SSSR count). The molecule has 0 atom stereocenters. The molecule has 0 aromatic heterocycles. The molecule has 1 saturated carbocycles. The molecule has 1 fully saturated rings. The minimum Gasteiger partial charge on any atom is -0.481 e. The number of ether oxygens (including phenoxy) is 2. The van der Waals surface area contributed by atoms with Crippen LogP contribution >= 0.6 is 11.6 Å². The van der Waals surface area contributed by atoms with Gasteiger partial charge in [-0.1, -0.05) is 30.5 Å². The molecule has 2 aliphatic rings. The molecule has 0 unspecified atom stereocenters. The van der Waals surface area contributed by atoms with Gasteiger partial charge in [0, 0.05) is 0 Å². The summed E-state index contributed by atoms with van der Waals surface area (Å²) in [7, 11) is 0. The number of hydrogen-bond acceptors (Lipinski definition) is 3. The van der Waals surface area contributed by atoms with E-state index in [1.165, 1.54) is 0 Å². The van der Waals surface area contributed by atoms with E-state index in [1.54, 1.807) is 12.1 Å². The van der Waals surface area contributed by atoms with Gasteiger partial charge in [-0.3, -0.25) is 4.79 Å². The van der Waals surface area contributed by atoms with E-state index in [2.05, 4.69) is 0 Å². The van der Waals surface area contributed by atoms with E-state index in [9.17, 15) is 9.90 Å². The first-order valence-corrected chi connectivity index (χ1v) is 6.35.